The van der Waals surface area contributed by atoms with Crippen molar-refractivity contribution in [2.24, 2.45) is 11.5 Å². The van der Waals surface area contributed by atoms with Gasteiger partial charge in [0, 0.05) is 6.54 Å². The van der Waals surface area contributed by atoms with Crippen molar-refractivity contribution in [1.29, 1.82) is 0 Å². The number of nitrogens with one attached hydrogen (secondary N) is 1. The molecule has 1 heterocycles. The van der Waals surface area contributed by atoms with Gasteiger partial charge in [-0.15, -0.1) is 0 Å². The zero-order chi connectivity index (χ0) is 16.9. The predicted molar refractivity (Wildman–Crippen MR) is 80.8 cm³/mol. The summed E-state index contributed by atoms with van der Waals surface area (Å²) < 4.78 is 5.15. The van der Waals surface area contributed by atoms with Gasteiger partial charge in [-0.05, 0) is 46.6 Å². The van der Waals surface area contributed by atoms with Crippen molar-refractivity contribution >= 4 is 17.9 Å². The maximum absolute atomic E-state index is 12.5. The number of nitrogens with two attached hydrogens (primary N) is 2. The van der Waals surface area contributed by atoms with Gasteiger partial charge in [-0.3, -0.25) is 9.59 Å². The third-order valence-corrected chi connectivity index (χ3v) is 3.31. The molecule has 0 aromatic rings. The van der Waals surface area contributed by atoms with Crippen LogP contribution in [0.1, 0.15) is 40.0 Å². The summed E-state index contributed by atoms with van der Waals surface area (Å²) in [5.41, 5.74) is 10.2. The van der Waals surface area contributed by atoms with E-state index < -0.39 is 29.7 Å². The van der Waals surface area contributed by atoms with Crippen LogP contribution in [0.25, 0.3) is 0 Å². The summed E-state index contributed by atoms with van der Waals surface area (Å²) in [4.78, 5) is 37.2. The van der Waals surface area contributed by atoms with E-state index in [2.05, 4.69) is 5.32 Å². The van der Waals surface area contributed by atoms with E-state index >= 15 is 0 Å². The molecule has 0 saturated carbocycles. The van der Waals surface area contributed by atoms with Gasteiger partial charge in [0.15, 0.2) is 0 Å². The van der Waals surface area contributed by atoms with Crippen molar-refractivity contribution in [3.05, 3.63) is 0 Å². The molecule has 1 saturated heterocycles. The molecule has 0 aromatic carbocycles. The molecule has 0 radical (unpaired) electrons. The molecule has 1 fully saturated rings. The highest BCUT2D eigenvalue weighted by Crippen LogP contribution is 2.18. The minimum absolute atomic E-state index is 0.223. The van der Waals surface area contributed by atoms with Crippen LogP contribution in [0.2, 0.25) is 0 Å². The van der Waals surface area contributed by atoms with E-state index in [9.17, 15) is 14.4 Å². The number of ether oxygens (including phenoxy) is 1. The first-order valence-corrected chi connectivity index (χ1v) is 7.45. The fourth-order valence-corrected chi connectivity index (χ4v) is 2.40. The third-order valence-electron chi connectivity index (χ3n) is 3.31. The van der Waals surface area contributed by atoms with Crippen LogP contribution in [0.15, 0.2) is 0 Å². The Hall–Kier alpha value is -1.83. The van der Waals surface area contributed by atoms with E-state index in [1.165, 1.54) is 4.90 Å². The van der Waals surface area contributed by atoms with E-state index in [4.69, 9.17) is 16.2 Å². The molecular weight excluding hydrogens is 288 g/mol. The minimum atomic E-state index is -0.820. The summed E-state index contributed by atoms with van der Waals surface area (Å²) in [5.74, 6) is -0.882. The van der Waals surface area contributed by atoms with Crippen LogP contribution in [0, 0.1) is 0 Å². The smallest absolute Gasteiger partial charge is 0.408 e. The molecule has 0 spiro atoms. The molecule has 0 aromatic heterocycles. The minimum Gasteiger partial charge on any atom is -0.444 e. The van der Waals surface area contributed by atoms with Crippen LogP contribution in [-0.2, 0) is 14.3 Å². The molecule has 0 bridgehead atoms. The Labute approximate surface area is 130 Å². The van der Waals surface area contributed by atoms with E-state index in [1.807, 2.05) is 0 Å². The lowest BCUT2D eigenvalue weighted by Crippen LogP contribution is -2.53. The molecule has 22 heavy (non-hydrogen) atoms. The van der Waals surface area contributed by atoms with Crippen molar-refractivity contribution in [3.8, 4) is 0 Å². The second-order valence-electron chi connectivity index (χ2n) is 6.37. The fourth-order valence-electron chi connectivity index (χ4n) is 2.40. The Kier molecular flexibility index (Phi) is 6.16. The highest BCUT2D eigenvalue weighted by Gasteiger charge is 2.36. The zero-order valence-electron chi connectivity index (χ0n) is 13.4. The molecule has 8 nitrogen and oxygen atoms in total. The van der Waals surface area contributed by atoms with Crippen molar-refractivity contribution in [3.63, 3.8) is 0 Å². The Bertz CT molecular complexity index is 433. The number of carbonyl (C=O) groups excluding carboxylic acids is 3. The van der Waals surface area contributed by atoms with Gasteiger partial charge in [-0.25, -0.2) is 4.79 Å². The Morgan fingerprint density at radius 3 is 2.50 bits per heavy atom. The topological polar surface area (TPSA) is 128 Å². The quantitative estimate of drug-likeness (QED) is 0.642. The summed E-state index contributed by atoms with van der Waals surface area (Å²) in [6.07, 6.45) is 0.832. The molecule has 126 valence electrons. The molecule has 8 heteroatoms. The number of nitrogens with zero attached hydrogens (tertiary/aromatic N) is 1. The molecule has 0 aliphatic carbocycles. The second-order valence-corrected chi connectivity index (χ2v) is 6.37. The number of carbonyl (C=O) groups is 3. The molecule has 1 rings (SSSR count). The lowest BCUT2D eigenvalue weighted by Gasteiger charge is -2.28. The lowest BCUT2D eigenvalue weighted by molar-refractivity contribution is -0.139. The number of hydrogen-bond acceptors (Lipinski definition) is 5. The van der Waals surface area contributed by atoms with Gasteiger partial charge in [0.25, 0.3) is 0 Å². The SMILES string of the molecule is CC(C)(C)OC(=O)NC(CCN)C(=O)N1CCCC1C(N)=O. The van der Waals surface area contributed by atoms with Gasteiger partial charge in [0.05, 0.1) is 0 Å². The zero-order valence-corrected chi connectivity index (χ0v) is 13.4. The Morgan fingerprint density at radius 1 is 1.36 bits per heavy atom. The fraction of sp³-hybridized carbons (Fsp3) is 0.786. The van der Waals surface area contributed by atoms with Gasteiger partial charge in [0.2, 0.25) is 11.8 Å². The van der Waals surface area contributed by atoms with Crippen molar-refractivity contribution in [2.45, 2.75) is 57.7 Å². The first-order valence-electron chi connectivity index (χ1n) is 7.45. The maximum Gasteiger partial charge on any atom is 0.408 e. The van der Waals surface area contributed by atoms with Gasteiger partial charge in [-0.1, -0.05) is 0 Å². The number of likely N-dealkylation sites (tertiary alicyclic amines) is 1. The third kappa shape index (κ3) is 5.18. The predicted octanol–water partition coefficient (Wildman–Crippen LogP) is -0.295. The standard InChI is InChI=1S/C14H26N4O4/c1-14(2,3)22-13(21)17-9(6-7-15)12(20)18-8-4-5-10(18)11(16)19/h9-10H,4-8,15H2,1-3H3,(H2,16,19)(H,17,21). The van der Waals surface area contributed by atoms with Crippen molar-refractivity contribution in [1.82, 2.24) is 10.2 Å². The average Bonchev–Trinajstić information content (AvgIpc) is 2.84. The first kappa shape index (κ1) is 18.2. The molecular formula is C14H26N4O4. The Morgan fingerprint density at radius 2 is 2.00 bits per heavy atom. The first-order chi connectivity index (χ1) is 10.2. The van der Waals surface area contributed by atoms with E-state index in [0.717, 1.165) is 0 Å². The number of amides is 3. The van der Waals surface area contributed by atoms with Gasteiger partial charge in [0.1, 0.15) is 17.7 Å². The van der Waals surface area contributed by atoms with Crippen LogP contribution in [0.3, 0.4) is 0 Å². The van der Waals surface area contributed by atoms with Crippen LogP contribution in [0.5, 0.6) is 0 Å². The maximum atomic E-state index is 12.5. The summed E-state index contributed by atoms with van der Waals surface area (Å²) in [6, 6.07) is -1.44. The van der Waals surface area contributed by atoms with E-state index in [-0.39, 0.29) is 18.9 Å². The van der Waals surface area contributed by atoms with Crippen molar-refractivity contribution < 1.29 is 19.1 Å². The van der Waals surface area contributed by atoms with E-state index in [0.29, 0.717) is 19.4 Å². The summed E-state index contributed by atoms with van der Waals surface area (Å²) in [5, 5.41) is 2.53. The van der Waals surface area contributed by atoms with Crippen LogP contribution >= 0.6 is 0 Å². The van der Waals surface area contributed by atoms with E-state index in [1.54, 1.807) is 20.8 Å². The summed E-state index contributed by atoms with van der Waals surface area (Å²) in [7, 11) is 0. The van der Waals surface area contributed by atoms with Crippen LogP contribution in [-0.4, -0.2) is 53.6 Å². The normalized spacial score (nSPS) is 19.6. The second kappa shape index (κ2) is 7.44. The largest absolute Gasteiger partial charge is 0.444 e. The summed E-state index contributed by atoms with van der Waals surface area (Å²) >= 11 is 0. The van der Waals surface area contributed by atoms with Crippen LogP contribution in [0.4, 0.5) is 4.79 Å². The van der Waals surface area contributed by atoms with Crippen molar-refractivity contribution in [2.75, 3.05) is 13.1 Å². The van der Waals surface area contributed by atoms with Gasteiger partial charge >= 0.3 is 6.09 Å². The molecule has 5 N–H and O–H groups in total. The molecule has 2 atom stereocenters. The number of alkyl carbamates (subject to hydrolysis) is 1. The molecule has 1 aliphatic heterocycles. The number of hydrogen-bond donors (Lipinski definition) is 3. The van der Waals surface area contributed by atoms with Gasteiger partial charge < -0.3 is 26.4 Å². The highest BCUT2D eigenvalue weighted by atomic mass is 16.6. The number of primary amides is 1. The monoisotopic (exact) mass is 314 g/mol. The number of rotatable bonds is 5. The molecule has 2 unspecified atom stereocenters. The molecule has 1 aliphatic rings. The van der Waals surface area contributed by atoms with Gasteiger partial charge in [-0.2, -0.15) is 0 Å². The summed E-state index contributed by atoms with van der Waals surface area (Å²) in [6.45, 7) is 5.87. The molecule has 3 amide bonds. The van der Waals surface area contributed by atoms with Crippen LogP contribution < -0.4 is 16.8 Å². The lowest BCUT2D eigenvalue weighted by atomic mass is 10.1. The highest BCUT2D eigenvalue weighted by molar-refractivity contribution is 5.91. The Balaban J connectivity index is 2.75. The average molecular weight is 314 g/mol.